The molecule has 3 aliphatic rings. The molecule has 5 rings (SSSR count). The van der Waals surface area contributed by atoms with Crippen molar-refractivity contribution in [3.8, 4) is 0 Å². The van der Waals surface area contributed by atoms with E-state index in [1.54, 1.807) is 0 Å². The van der Waals surface area contributed by atoms with Crippen LogP contribution in [0.5, 0.6) is 0 Å². The van der Waals surface area contributed by atoms with Gasteiger partial charge in [-0.3, -0.25) is 9.78 Å². The summed E-state index contributed by atoms with van der Waals surface area (Å²) in [6, 6.07) is 8.68. The highest BCUT2D eigenvalue weighted by Gasteiger charge is 2.40. The van der Waals surface area contributed by atoms with Crippen LogP contribution < -0.4 is 10.6 Å². The number of hydrogen-bond acceptors (Lipinski definition) is 3. The van der Waals surface area contributed by atoms with Crippen LogP contribution in [0.15, 0.2) is 30.5 Å². The van der Waals surface area contributed by atoms with E-state index in [9.17, 15) is 4.79 Å². The summed E-state index contributed by atoms with van der Waals surface area (Å²) in [5, 5.41) is 8.85. The van der Waals surface area contributed by atoms with Crippen LogP contribution in [-0.4, -0.2) is 23.0 Å². The number of carbonyl (C=O) groups is 1. The van der Waals surface area contributed by atoms with Gasteiger partial charge in [-0.05, 0) is 87.0 Å². The third kappa shape index (κ3) is 4.23. The Morgan fingerprint density at radius 3 is 2.62 bits per heavy atom. The lowest BCUT2D eigenvalue weighted by molar-refractivity contribution is -0.123. The van der Waals surface area contributed by atoms with Gasteiger partial charge in [0.1, 0.15) is 0 Å². The van der Waals surface area contributed by atoms with E-state index >= 15 is 0 Å². The molecule has 3 unspecified atom stereocenters. The Balaban J connectivity index is 1.12. The van der Waals surface area contributed by atoms with Gasteiger partial charge < -0.3 is 10.6 Å². The maximum Gasteiger partial charge on any atom is 0.220 e. The average molecular weight is 412 g/mol. The topological polar surface area (TPSA) is 54.0 Å². The van der Waals surface area contributed by atoms with Gasteiger partial charge in [-0.15, -0.1) is 0 Å². The highest BCUT2D eigenvalue weighted by atomic mass is 35.5. The predicted molar refractivity (Wildman–Crippen MR) is 118 cm³/mol. The zero-order chi connectivity index (χ0) is 19.8. The number of nitrogens with one attached hydrogen (secondary N) is 2. The maximum atomic E-state index is 12.5. The highest BCUT2D eigenvalue weighted by molar-refractivity contribution is 6.31. The van der Waals surface area contributed by atoms with Crippen molar-refractivity contribution in [2.24, 2.45) is 17.8 Å². The van der Waals surface area contributed by atoms with E-state index in [0.29, 0.717) is 23.0 Å². The van der Waals surface area contributed by atoms with E-state index < -0.39 is 0 Å². The summed E-state index contributed by atoms with van der Waals surface area (Å²) in [6.45, 7) is 0. The molecule has 0 radical (unpaired) electrons. The van der Waals surface area contributed by atoms with Crippen LogP contribution in [0.1, 0.15) is 57.8 Å². The first-order valence-corrected chi connectivity index (χ1v) is 11.6. The summed E-state index contributed by atoms with van der Waals surface area (Å²) in [5.74, 6) is 2.69. The maximum absolute atomic E-state index is 12.5. The Bertz CT molecular complexity index is 893. The number of anilines is 1. The number of carbonyl (C=O) groups excluding carboxylic acids is 1. The van der Waals surface area contributed by atoms with E-state index in [2.05, 4.69) is 15.6 Å². The van der Waals surface area contributed by atoms with Gasteiger partial charge in [0.2, 0.25) is 5.91 Å². The van der Waals surface area contributed by atoms with Gasteiger partial charge in [0.15, 0.2) is 0 Å². The minimum absolute atomic E-state index is 0.288. The van der Waals surface area contributed by atoms with E-state index in [4.69, 9.17) is 11.6 Å². The number of amides is 1. The van der Waals surface area contributed by atoms with Crippen LogP contribution in [0.4, 0.5) is 5.69 Å². The monoisotopic (exact) mass is 411 g/mol. The Hall–Kier alpha value is -1.81. The molecule has 0 spiro atoms. The molecule has 2 bridgehead atoms. The van der Waals surface area contributed by atoms with E-state index in [1.165, 1.54) is 25.7 Å². The lowest BCUT2D eigenvalue weighted by atomic mass is 9.86. The van der Waals surface area contributed by atoms with Crippen molar-refractivity contribution >= 4 is 34.1 Å². The summed E-state index contributed by atoms with van der Waals surface area (Å²) in [5.41, 5.74) is 2.04. The van der Waals surface area contributed by atoms with Gasteiger partial charge in [-0.1, -0.05) is 18.0 Å². The molecule has 1 amide bonds. The third-order valence-electron chi connectivity index (χ3n) is 7.49. The number of halogens is 1. The number of pyridine rings is 1. The van der Waals surface area contributed by atoms with Crippen molar-refractivity contribution in [2.45, 2.75) is 69.9 Å². The second kappa shape index (κ2) is 8.14. The Kier molecular flexibility index (Phi) is 5.38. The highest BCUT2D eigenvalue weighted by Crippen LogP contribution is 2.49. The smallest absolute Gasteiger partial charge is 0.220 e. The van der Waals surface area contributed by atoms with Crippen LogP contribution in [-0.2, 0) is 4.79 Å². The molecule has 5 heteroatoms. The molecule has 29 heavy (non-hydrogen) atoms. The Labute approximate surface area is 177 Å². The predicted octanol–water partition coefficient (Wildman–Crippen LogP) is 5.55. The normalized spacial score (nSPS) is 31.1. The van der Waals surface area contributed by atoms with Crippen LogP contribution in [0.2, 0.25) is 5.02 Å². The van der Waals surface area contributed by atoms with Crippen molar-refractivity contribution < 1.29 is 4.79 Å². The van der Waals surface area contributed by atoms with Crippen molar-refractivity contribution in [3.63, 3.8) is 0 Å². The quantitative estimate of drug-likeness (QED) is 0.677. The molecule has 2 N–H and O–H groups in total. The molecule has 1 aromatic carbocycles. The molecule has 3 atom stereocenters. The molecular weight excluding hydrogens is 382 g/mol. The first-order chi connectivity index (χ1) is 14.1. The third-order valence-corrected chi connectivity index (χ3v) is 7.72. The zero-order valence-electron chi connectivity index (χ0n) is 16.9. The summed E-state index contributed by atoms with van der Waals surface area (Å²) in [7, 11) is 0. The molecule has 3 aliphatic carbocycles. The first-order valence-electron chi connectivity index (χ1n) is 11.2. The average Bonchev–Trinajstić information content (AvgIpc) is 3.32. The van der Waals surface area contributed by atoms with Crippen LogP contribution in [0, 0.1) is 17.8 Å². The van der Waals surface area contributed by atoms with Crippen molar-refractivity contribution in [2.75, 3.05) is 5.32 Å². The van der Waals surface area contributed by atoms with Crippen LogP contribution in [0.3, 0.4) is 0 Å². The summed E-state index contributed by atoms with van der Waals surface area (Å²) >= 11 is 6.10. The molecule has 3 fully saturated rings. The van der Waals surface area contributed by atoms with Gasteiger partial charge in [-0.25, -0.2) is 0 Å². The van der Waals surface area contributed by atoms with Gasteiger partial charge in [0.05, 0.1) is 5.52 Å². The number of fused-ring (bicyclic) bond motifs is 3. The fraction of sp³-hybridized carbons (Fsp3) is 0.583. The van der Waals surface area contributed by atoms with Crippen molar-refractivity contribution in [3.05, 3.63) is 35.5 Å². The molecular formula is C24H30ClN3O. The molecule has 0 saturated heterocycles. The largest absolute Gasteiger partial charge is 0.382 e. The fourth-order valence-electron chi connectivity index (χ4n) is 6.00. The molecule has 2 aromatic rings. The van der Waals surface area contributed by atoms with Crippen LogP contribution in [0.25, 0.3) is 10.9 Å². The summed E-state index contributed by atoms with van der Waals surface area (Å²) in [4.78, 5) is 17.0. The SMILES string of the molecule is O=C(CC1CC2CCC1C2)NC1CCC(Nc2ccnc3cc(Cl)ccc23)CC1. The molecule has 3 saturated carbocycles. The lowest BCUT2D eigenvalue weighted by Gasteiger charge is -2.31. The van der Waals surface area contributed by atoms with Gasteiger partial charge in [0.25, 0.3) is 0 Å². The first kappa shape index (κ1) is 19.2. The molecule has 1 heterocycles. The minimum Gasteiger partial charge on any atom is -0.382 e. The number of benzene rings is 1. The fourth-order valence-corrected chi connectivity index (χ4v) is 6.17. The van der Waals surface area contributed by atoms with Crippen molar-refractivity contribution in [1.29, 1.82) is 0 Å². The van der Waals surface area contributed by atoms with Gasteiger partial charge in [-0.2, -0.15) is 0 Å². The Morgan fingerprint density at radius 1 is 1.03 bits per heavy atom. The minimum atomic E-state index is 0.288. The number of hydrogen-bond donors (Lipinski definition) is 2. The molecule has 154 valence electrons. The number of rotatable bonds is 5. The lowest BCUT2D eigenvalue weighted by Crippen LogP contribution is -2.41. The molecule has 4 nitrogen and oxygen atoms in total. The second-order valence-electron chi connectivity index (χ2n) is 9.42. The number of nitrogens with zero attached hydrogens (tertiary/aromatic N) is 1. The van der Waals surface area contributed by atoms with Gasteiger partial charge in [0, 0.05) is 40.8 Å². The zero-order valence-corrected chi connectivity index (χ0v) is 17.6. The Morgan fingerprint density at radius 2 is 1.86 bits per heavy atom. The summed E-state index contributed by atoms with van der Waals surface area (Å²) < 4.78 is 0. The number of aromatic nitrogens is 1. The molecule has 1 aromatic heterocycles. The van der Waals surface area contributed by atoms with E-state index in [0.717, 1.165) is 60.5 Å². The van der Waals surface area contributed by atoms with E-state index in [-0.39, 0.29) is 5.91 Å². The van der Waals surface area contributed by atoms with E-state index in [1.807, 2.05) is 30.5 Å². The van der Waals surface area contributed by atoms with Crippen molar-refractivity contribution in [1.82, 2.24) is 10.3 Å². The standard InChI is InChI=1S/C24H30ClN3O/c25-18-3-8-21-22(9-10-26-23(21)14-18)27-19-4-6-20(7-5-19)28-24(29)13-17-12-15-1-2-16(17)11-15/h3,8-10,14-17,19-20H,1-2,4-7,11-13H2,(H,26,27)(H,28,29). The second-order valence-corrected chi connectivity index (χ2v) is 9.86. The summed E-state index contributed by atoms with van der Waals surface area (Å²) in [6.07, 6.45) is 12.3. The van der Waals surface area contributed by atoms with Crippen LogP contribution >= 0.6 is 11.6 Å². The molecule has 0 aliphatic heterocycles. The van der Waals surface area contributed by atoms with Gasteiger partial charge >= 0.3 is 0 Å².